The van der Waals surface area contributed by atoms with E-state index in [1.54, 1.807) is 0 Å². The molecule has 116 valence electrons. The van der Waals surface area contributed by atoms with E-state index in [-0.39, 0.29) is 5.91 Å². The number of rotatable bonds is 6. The monoisotopic (exact) mass is 290 g/mol. The molecule has 1 aliphatic rings. The van der Waals surface area contributed by atoms with Crippen LogP contribution in [0, 0.1) is 5.92 Å². The van der Waals surface area contributed by atoms with Crippen molar-refractivity contribution in [2.24, 2.45) is 5.92 Å². The van der Waals surface area contributed by atoms with E-state index in [4.69, 9.17) is 4.74 Å². The van der Waals surface area contributed by atoms with Gasteiger partial charge in [-0.25, -0.2) is 0 Å². The fraction of sp³-hybridized carbons (Fsp3) is 0.588. The molecule has 1 aromatic carbocycles. The van der Waals surface area contributed by atoms with E-state index < -0.39 is 0 Å². The van der Waals surface area contributed by atoms with Crippen LogP contribution in [0.1, 0.15) is 43.5 Å². The van der Waals surface area contributed by atoms with Gasteiger partial charge in [-0.05, 0) is 56.5 Å². The average molecular weight is 290 g/mol. The lowest BCUT2D eigenvalue weighted by atomic mass is 9.88. The number of benzene rings is 1. The van der Waals surface area contributed by atoms with Crippen molar-refractivity contribution >= 4 is 5.91 Å². The van der Waals surface area contributed by atoms with Gasteiger partial charge in [0.2, 0.25) is 0 Å². The molecule has 4 heteroatoms. The van der Waals surface area contributed by atoms with Crippen LogP contribution in [0.25, 0.3) is 0 Å². The third kappa shape index (κ3) is 4.46. The Morgan fingerprint density at radius 3 is 2.76 bits per heavy atom. The molecule has 4 nitrogen and oxygen atoms in total. The number of nitrogens with one attached hydrogen (secondary N) is 2. The van der Waals surface area contributed by atoms with Gasteiger partial charge in [-0.15, -0.1) is 0 Å². The first-order chi connectivity index (χ1) is 10.2. The third-order valence-electron chi connectivity index (χ3n) is 4.16. The molecule has 21 heavy (non-hydrogen) atoms. The molecule has 2 rings (SSSR count). The van der Waals surface area contributed by atoms with E-state index in [1.165, 1.54) is 12.8 Å². The van der Waals surface area contributed by atoms with Crippen LogP contribution in [0.5, 0.6) is 5.75 Å². The summed E-state index contributed by atoms with van der Waals surface area (Å²) in [6, 6.07) is 7.70. The first-order valence-electron chi connectivity index (χ1n) is 7.99. The highest BCUT2D eigenvalue weighted by Gasteiger charge is 2.23. The standard InChI is InChI=1S/C17H26N2O2/c1-3-13-6-5-11-18-16(13)12-19-17(20)14-7-9-15(10-8-14)21-4-2/h7-10,13,16,18H,3-6,11-12H2,1-2H3,(H,19,20). The van der Waals surface area contributed by atoms with Crippen LogP contribution in [-0.2, 0) is 0 Å². The molecule has 0 saturated carbocycles. The second kappa shape index (κ2) is 8.03. The minimum absolute atomic E-state index is 0.0136. The Kier molecular flexibility index (Phi) is 6.05. The molecule has 0 aromatic heterocycles. The summed E-state index contributed by atoms with van der Waals surface area (Å²) in [6.07, 6.45) is 3.66. The van der Waals surface area contributed by atoms with Gasteiger partial charge in [-0.2, -0.15) is 0 Å². The first kappa shape index (κ1) is 15.8. The number of ether oxygens (including phenoxy) is 1. The molecule has 0 aliphatic carbocycles. The summed E-state index contributed by atoms with van der Waals surface area (Å²) in [4.78, 5) is 12.2. The van der Waals surface area contributed by atoms with Gasteiger partial charge in [0.25, 0.3) is 5.91 Å². The van der Waals surface area contributed by atoms with Gasteiger partial charge >= 0.3 is 0 Å². The lowest BCUT2D eigenvalue weighted by Gasteiger charge is -2.32. The van der Waals surface area contributed by atoms with Gasteiger partial charge < -0.3 is 15.4 Å². The van der Waals surface area contributed by atoms with Crippen molar-refractivity contribution in [3.05, 3.63) is 29.8 Å². The number of hydrogen-bond acceptors (Lipinski definition) is 3. The smallest absolute Gasteiger partial charge is 0.251 e. The second-order valence-electron chi connectivity index (χ2n) is 5.54. The predicted octanol–water partition coefficient (Wildman–Crippen LogP) is 2.59. The van der Waals surface area contributed by atoms with Gasteiger partial charge in [-0.3, -0.25) is 4.79 Å². The van der Waals surface area contributed by atoms with Crippen molar-refractivity contribution in [1.82, 2.24) is 10.6 Å². The van der Waals surface area contributed by atoms with Gasteiger partial charge in [-0.1, -0.05) is 13.3 Å². The van der Waals surface area contributed by atoms with Crippen LogP contribution in [0.4, 0.5) is 0 Å². The Labute approximate surface area is 127 Å². The van der Waals surface area contributed by atoms with Crippen molar-refractivity contribution in [2.45, 2.75) is 39.2 Å². The SMILES string of the molecule is CCOc1ccc(C(=O)NCC2NCCCC2CC)cc1. The molecule has 0 bridgehead atoms. The van der Waals surface area contributed by atoms with Crippen LogP contribution < -0.4 is 15.4 Å². The highest BCUT2D eigenvalue weighted by atomic mass is 16.5. The molecule has 1 aromatic rings. The minimum Gasteiger partial charge on any atom is -0.494 e. The highest BCUT2D eigenvalue weighted by molar-refractivity contribution is 5.94. The topological polar surface area (TPSA) is 50.4 Å². The van der Waals surface area contributed by atoms with Crippen LogP contribution >= 0.6 is 0 Å². The number of carbonyl (C=O) groups is 1. The molecule has 1 amide bonds. The zero-order valence-electron chi connectivity index (χ0n) is 13.0. The third-order valence-corrected chi connectivity index (χ3v) is 4.16. The average Bonchev–Trinajstić information content (AvgIpc) is 2.54. The quantitative estimate of drug-likeness (QED) is 0.846. The van der Waals surface area contributed by atoms with Crippen LogP contribution in [0.2, 0.25) is 0 Å². The molecule has 1 saturated heterocycles. The van der Waals surface area contributed by atoms with E-state index in [1.807, 2.05) is 31.2 Å². The lowest BCUT2D eigenvalue weighted by Crippen LogP contribution is -2.48. The summed E-state index contributed by atoms with van der Waals surface area (Å²) >= 11 is 0. The Balaban J connectivity index is 1.85. The molecule has 0 radical (unpaired) electrons. The maximum atomic E-state index is 12.2. The minimum atomic E-state index is -0.0136. The molecule has 1 fully saturated rings. The molecular weight excluding hydrogens is 264 g/mol. The van der Waals surface area contributed by atoms with Crippen molar-refractivity contribution in [2.75, 3.05) is 19.7 Å². The van der Waals surface area contributed by atoms with Crippen LogP contribution in [0.15, 0.2) is 24.3 Å². The lowest BCUT2D eigenvalue weighted by molar-refractivity contribution is 0.0942. The maximum Gasteiger partial charge on any atom is 0.251 e. The zero-order chi connectivity index (χ0) is 15.1. The van der Waals surface area contributed by atoms with Gasteiger partial charge in [0.05, 0.1) is 6.61 Å². The molecule has 2 atom stereocenters. The molecule has 2 N–H and O–H groups in total. The van der Waals surface area contributed by atoms with E-state index in [2.05, 4.69) is 17.6 Å². The molecule has 1 aliphatic heterocycles. The van der Waals surface area contributed by atoms with Gasteiger partial charge in [0, 0.05) is 18.2 Å². The molecule has 2 unspecified atom stereocenters. The van der Waals surface area contributed by atoms with E-state index in [0.717, 1.165) is 18.7 Å². The Hall–Kier alpha value is -1.55. The largest absolute Gasteiger partial charge is 0.494 e. The second-order valence-corrected chi connectivity index (χ2v) is 5.54. The van der Waals surface area contributed by atoms with E-state index in [9.17, 15) is 4.79 Å². The summed E-state index contributed by atoms with van der Waals surface area (Å²) in [5.41, 5.74) is 0.683. The van der Waals surface area contributed by atoms with E-state index >= 15 is 0 Å². The fourth-order valence-corrected chi connectivity index (χ4v) is 2.92. The predicted molar refractivity (Wildman–Crippen MR) is 84.7 cm³/mol. The summed E-state index contributed by atoms with van der Waals surface area (Å²) in [5, 5.41) is 6.56. The van der Waals surface area contributed by atoms with Crippen molar-refractivity contribution in [3.8, 4) is 5.75 Å². The Morgan fingerprint density at radius 1 is 1.33 bits per heavy atom. The van der Waals surface area contributed by atoms with Crippen molar-refractivity contribution in [1.29, 1.82) is 0 Å². The molecule has 1 heterocycles. The number of carbonyl (C=O) groups excluding carboxylic acids is 1. The van der Waals surface area contributed by atoms with Gasteiger partial charge in [0.15, 0.2) is 0 Å². The van der Waals surface area contributed by atoms with Crippen LogP contribution in [-0.4, -0.2) is 31.6 Å². The Bertz CT molecular complexity index is 445. The number of piperidine rings is 1. The van der Waals surface area contributed by atoms with Gasteiger partial charge in [0.1, 0.15) is 5.75 Å². The first-order valence-corrected chi connectivity index (χ1v) is 7.99. The summed E-state index contributed by atoms with van der Waals surface area (Å²) in [5.74, 6) is 1.45. The summed E-state index contributed by atoms with van der Waals surface area (Å²) in [6.45, 7) is 6.56. The highest BCUT2D eigenvalue weighted by Crippen LogP contribution is 2.19. The summed E-state index contributed by atoms with van der Waals surface area (Å²) in [7, 11) is 0. The van der Waals surface area contributed by atoms with Crippen molar-refractivity contribution < 1.29 is 9.53 Å². The van der Waals surface area contributed by atoms with Crippen molar-refractivity contribution in [3.63, 3.8) is 0 Å². The number of amides is 1. The number of hydrogen-bond donors (Lipinski definition) is 2. The fourth-order valence-electron chi connectivity index (χ4n) is 2.92. The Morgan fingerprint density at radius 2 is 2.10 bits per heavy atom. The maximum absolute atomic E-state index is 12.2. The molecular formula is C17H26N2O2. The normalized spacial score (nSPS) is 21.8. The molecule has 0 spiro atoms. The van der Waals surface area contributed by atoms with E-state index in [0.29, 0.717) is 30.7 Å². The summed E-state index contributed by atoms with van der Waals surface area (Å²) < 4.78 is 5.38. The van der Waals surface area contributed by atoms with Crippen LogP contribution in [0.3, 0.4) is 0 Å². The zero-order valence-corrected chi connectivity index (χ0v) is 13.0.